The zero-order chi connectivity index (χ0) is 12.0. The van der Waals surface area contributed by atoms with Crippen LogP contribution in [0.4, 0.5) is 0 Å². The van der Waals surface area contributed by atoms with Crippen LogP contribution in [-0.4, -0.2) is 42.5 Å². The highest BCUT2D eigenvalue weighted by Gasteiger charge is 2.24. The lowest BCUT2D eigenvalue weighted by atomic mass is 10.0. The fourth-order valence-electron chi connectivity index (χ4n) is 2.01. The number of carbonyl (C=O) groups excluding carboxylic acids is 1. The molecule has 0 aliphatic carbocycles. The molecule has 16 heavy (non-hydrogen) atoms. The van der Waals surface area contributed by atoms with Crippen molar-refractivity contribution in [2.75, 3.05) is 19.6 Å². The summed E-state index contributed by atoms with van der Waals surface area (Å²) in [5, 5.41) is 2.98. The summed E-state index contributed by atoms with van der Waals surface area (Å²) >= 11 is 0. The number of hydrogen-bond donors (Lipinski definition) is 2. The molecule has 0 saturated carbocycles. The van der Waals surface area contributed by atoms with Crippen molar-refractivity contribution < 1.29 is 4.79 Å². The fraction of sp³-hybridized carbons (Fsp3) is 0.917. The van der Waals surface area contributed by atoms with Gasteiger partial charge in [-0.05, 0) is 26.2 Å². The zero-order valence-corrected chi connectivity index (χ0v) is 10.5. The van der Waals surface area contributed by atoms with Crippen molar-refractivity contribution in [1.82, 2.24) is 10.2 Å². The fourth-order valence-corrected chi connectivity index (χ4v) is 2.01. The molecule has 1 aliphatic heterocycles. The molecule has 1 rings (SSSR count). The van der Waals surface area contributed by atoms with Gasteiger partial charge in [0.15, 0.2) is 0 Å². The van der Waals surface area contributed by atoms with E-state index in [9.17, 15) is 4.79 Å². The third-order valence-electron chi connectivity index (χ3n) is 3.33. The molecule has 0 bridgehead atoms. The molecule has 1 atom stereocenters. The lowest BCUT2D eigenvalue weighted by Gasteiger charge is -2.33. The third-order valence-corrected chi connectivity index (χ3v) is 3.33. The summed E-state index contributed by atoms with van der Waals surface area (Å²) in [6.07, 6.45) is 4.19. The predicted molar refractivity (Wildman–Crippen MR) is 66.2 cm³/mol. The van der Waals surface area contributed by atoms with Crippen LogP contribution in [0.15, 0.2) is 0 Å². The van der Waals surface area contributed by atoms with Gasteiger partial charge < -0.3 is 11.1 Å². The molecule has 1 fully saturated rings. The van der Waals surface area contributed by atoms with Gasteiger partial charge >= 0.3 is 0 Å². The van der Waals surface area contributed by atoms with E-state index in [2.05, 4.69) is 17.1 Å². The lowest BCUT2D eigenvalue weighted by Crippen LogP contribution is -2.50. The summed E-state index contributed by atoms with van der Waals surface area (Å²) in [6, 6.07) is 0.316. The summed E-state index contributed by atoms with van der Waals surface area (Å²) in [7, 11) is 0. The van der Waals surface area contributed by atoms with Gasteiger partial charge in [-0.3, -0.25) is 9.69 Å². The third kappa shape index (κ3) is 4.10. The molecule has 1 unspecified atom stereocenters. The average molecular weight is 227 g/mol. The number of nitrogens with zero attached hydrogens (tertiary/aromatic N) is 1. The molecular formula is C12H25N3O. The summed E-state index contributed by atoms with van der Waals surface area (Å²) in [6.45, 7) is 6.81. The quantitative estimate of drug-likeness (QED) is 0.680. The molecule has 4 heteroatoms. The monoisotopic (exact) mass is 227 g/mol. The van der Waals surface area contributed by atoms with Crippen LogP contribution in [-0.2, 0) is 4.79 Å². The van der Waals surface area contributed by atoms with Crippen LogP contribution in [0, 0.1) is 0 Å². The molecule has 0 radical (unpaired) electrons. The molecule has 0 aromatic heterocycles. The van der Waals surface area contributed by atoms with Crippen molar-refractivity contribution in [3.63, 3.8) is 0 Å². The van der Waals surface area contributed by atoms with Crippen LogP contribution in [0.25, 0.3) is 0 Å². The number of amides is 1. The molecule has 0 spiro atoms. The van der Waals surface area contributed by atoms with Crippen molar-refractivity contribution in [2.45, 2.75) is 51.6 Å². The predicted octanol–water partition coefficient (Wildman–Crippen LogP) is 0.714. The van der Waals surface area contributed by atoms with Crippen LogP contribution < -0.4 is 11.1 Å². The number of piperidine rings is 1. The van der Waals surface area contributed by atoms with Crippen molar-refractivity contribution in [3.05, 3.63) is 0 Å². The Kier molecular flexibility index (Phi) is 5.77. The van der Waals surface area contributed by atoms with Crippen molar-refractivity contribution >= 4 is 5.91 Å². The maximum atomic E-state index is 11.8. The maximum absolute atomic E-state index is 11.8. The lowest BCUT2D eigenvalue weighted by molar-refractivity contribution is -0.126. The van der Waals surface area contributed by atoms with E-state index in [1.165, 1.54) is 0 Å². The van der Waals surface area contributed by atoms with Gasteiger partial charge in [0.1, 0.15) is 0 Å². The Morgan fingerprint density at radius 2 is 2.12 bits per heavy atom. The molecule has 1 saturated heterocycles. The number of nitrogens with one attached hydrogen (secondary N) is 1. The molecule has 4 nitrogen and oxygen atoms in total. The van der Waals surface area contributed by atoms with Gasteiger partial charge in [-0.25, -0.2) is 0 Å². The highest BCUT2D eigenvalue weighted by molar-refractivity contribution is 5.81. The number of unbranched alkanes of at least 4 members (excludes halogenated alkanes) is 1. The Hall–Kier alpha value is -0.610. The van der Waals surface area contributed by atoms with Gasteiger partial charge in [0, 0.05) is 25.7 Å². The second-order valence-corrected chi connectivity index (χ2v) is 4.69. The van der Waals surface area contributed by atoms with Crippen LogP contribution in [0.5, 0.6) is 0 Å². The van der Waals surface area contributed by atoms with Crippen molar-refractivity contribution in [3.8, 4) is 0 Å². The normalized spacial score (nSPS) is 20.7. The summed E-state index contributed by atoms with van der Waals surface area (Å²) < 4.78 is 0. The van der Waals surface area contributed by atoms with E-state index in [0.29, 0.717) is 6.04 Å². The summed E-state index contributed by atoms with van der Waals surface area (Å²) in [4.78, 5) is 14.0. The van der Waals surface area contributed by atoms with Gasteiger partial charge in [-0.1, -0.05) is 13.3 Å². The Morgan fingerprint density at radius 3 is 2.69 bits per heavy atom. The van der Waals surface area contributed by atoms with Crippen molar-refractivity contribution in [2.24, 2.45) is 5.73 Å². The Morgan fingerprint density at radius 1 is 1.50 bits per heavy atom. The van der Waals surface area contributed by atoms with Crippen molar-refractivity contribution in [1.29, 1.82) is 0 Å². The number of rotatable bonds is 5. The van der Waals surface area contributed by atoms with E-state index in [0.717, 1.165) is 45.3 Å². The number of carbonyl (C=O) groups is 1. The Balaban J connectivity index is 2.27. The molecular weight excluding hydrogens is 202 g/mol. The van der Waals surface area contributed by atoms with Gasteiger partial charge in [-0.2, -0.15) is 0 Å². The minimum Gasteiger partial charge on any atom is -0.355 e. The van der Waals surface area contributed by atoms with E-state index in [-0.39, 0.29) is 11.9 Å². The SMILES string of the molecule is CCCCNC(=O)C(C)N1CCC(N)CC1. The van der Waals surface area contributed by atoms with E-state index >= 15 is 0 Å². The molecule has 94 valence electrons. The van der Waals surface area contributed by atoms with Crippen LogP contribution in [0.1, 0.15) is 39.5 Å². The summed E-state index contributed by atoms with van der Waals surface area (Å²) in [5.41, 5.74) is 5.84. The molecule has 1 aliphatic rings. The first-order valence-corrected chi connectivity index (χ1v) is 6.42. The largest absolute Gasteiger partial charge is 0.355 e. The Labute approximate surface area is 98.6 Å². The number of nitrogens with two attached hydrogens (primary N) is 1. The molecule has 3 N–H and O–H groups in total. The summed E-state index contributed by atoms with van der Waals surface area (Å²) in [5.74, 6) is 0.156. The minimum atomic E-state index is -0.00986. The Bertz CT molecular complexity index is 212. The zero-order valence-electron chi connectivity index (χ0n) is 10.5. The minimum absolute atomic E-state index is 0.00986. The van der Waals surface area contributed by atoms with Gasteiger partial charge in [0.2, 0.25) is 5.91 Å². The molecule has 0 aromatic rings. The topological polar surface area (TPSA) is 58.4 Å². The molecule has 0 aromatic carbocycles. The smallest absolute Gasteiger partial charge is 0.237 e. The van der Waals surface area contributed by atoms with E-state index in [1.807, 2.05) is 6.92 Å². The standard InChI is InChI=1S/C12H25N3O/c1-3-4-7-14-12(16)10(2)15-8-5-11(13)6-9-15/h10-11H,3-9,13H2,1-2H3,(H,14,16). The second kappa shape index (κ2) is 6.86. The first-order valence-electron chi connectivity index (χ1n) is 6.42. The van der Waals surface area contributed by atoms with E-state index in [4.69, 9.17) is 5.73 Å². The highest BCUT2D eigenvalue weighted by atomic mass is 16.2. The van der Waals surface area contributed by atoms with Gasteiger partial charge in [0.25, 0.3) is 0 Å². The maximum Gasteiger partial charge on any atom is 0.237 e. The number of hydrogen-bond acceptors (Lipinski definition) is 3. The number of likely N-dealkylation sites (tertiary alicyclic amines) is 1. The molecule has 1 heterocycles. The van der Waals surface area contributed by atoms with Crippen LogP contribution in [0.3, 0.4) is 0 Å². The van der Waals surface area contributed by atoms with E-state index in [1.54, 1.807) is 0 Å². The van der Waals surface area contributed by atoms with Crippen LogP contribution in [0.2, 0.25) is 0 Å². The van der Waals surface area contributed by atoms with Gasteiger partial charge in [0.05, 0.1) is 6.04 Å². The first kappa shape index (κ1) is 13.5. The second-order valence-electron chi connectivity index (χ2n) is 4.69. The average Bonchev–Trinajstić information content (AvgIpc) is 2.29. The van der Waals surface area contributed by atoms with Crippen LogP contribution >= 0.6 is 0 Å². The van der Waals surface area contributed by atoms with Gasteiger partial charge in [-0.15, -0.1) is 0 Å². The highest BCUT2D eigenvalue weighted by Crippen LogP contribution is 2.11. The first-order chi connectivity index (χ1) is 7.65. The van der Waals surface area contributed by atoms with E-state index < -0.39 is 0 Å². The molecule has 1 amide bonds.